The lowest BCUT2D eigenvalue weighted by Gasteiger charge is -2.32. The van der Waals surface area contributed by atoms with Gasteiger partial charge in [-0.15, -0.1) is 17.5 Å². The van der Waals surface area contributed by atoms with Gasteiger partial charge < -0.3 is 15.4 Å². The van der Waals surface area contributed by atoms with Gasteiger partial charge in [-0.25, -0.2) is 9.48 Å². The van der Waals surface area contributed by atoms with E-state index in [-0.39, 0.29) is 36.5 Å². The van der Waals surface area contributed by atoms with Crippen LogP contribution in [0.2, 0.25) is 0 Å². The minimum absolute atomic E-state index is 0. The van der Waals surface area contributed by atoms with Gasteiger partial charge in [0.2, 0.25) is 5.91 Å². The van der Waals surface area contributed by atoms with Gasteiger partial charge in [0.25, 0.3) is 0 Å². The molecular weight excluding hydrogens is 358 g/mol. The lowest BCUT2D eigenvalue weighted by molar-refractivity contribution is -0.134. The van der Waals surface area contributed by atoms with Crippen molar-refractivity contribution in [2.24, 2.45) is 5.73 Å². The fraction of sp³-hybridized carbons (Fsp3) is 0.588. The van der Waals surface area contributed by atoms with Crippen molar-refractivity contribution in [1.29, 1.82) is 0 Å². The van der Waals surface area contributed by atoms with Gasteiger partial charge in [-0.3, -0.25) is 9.20 Å². The van der Waals surface area contributed by atoms with Gasteiger partial charge in [-0.2, -0.15) is 0 Å². The van der Waals surface area contributed by atoms with Crippen molar-refractivity contribution < 1.29 is 9.53 Å². The van der Waals surface area contributed by atoms with E-state index in [1.807, 2.05) is 11.0 Å². The van der Waals surface area contributed by atoms with E-state index in [4.69, 9.17) is 10.5 Å². The first-order chi connectivity index (χ1) is 12.2. The van der Waals surface area contributed by atoms with Gasteiger partial charge in [0.1, 0.15) is 0 Å². The molecule has 0 aliphatic carbocycles. The van der Waals surface area contributed by atoms with E-state index in [9.17, 15) is 9.59 Å². The highest BCUT2D eigenvalue weighted by molar-refractivity contribution is 5.85. The van der Waals surface area contributed by atoms with Gasteiger partial charge in [0, 0.05) is 32.3 Å². The summed E-state index contributed by atoms with van der Waals surface area (Å²) < 4.78 is 8.59. The first-order valence-corrected chi connectivity index (χ1v) is 8.82. The molecule has 1 amide bonds. The summed E-state index contributed by atoms with van der Waals surface area (Å²) in [4.78, 5) is 26.4. The molecule has 0 aromatic carbocycles. The molecule has 1 saturated heterocycles. The summed E-state index contributed by atoms with van der Waals surface area (Å²) in [6, 6.07) is 5.39. The molecule has 9 heteroatoms. The Morgan fingerprint density at radius 2 is 2.08 bits per heavy atom. The van der Waals surface area contributed by atoms with E-state index in [1.165, 1.54) is 9.08 Å². The molecule has 1 fully saturated rings. The van der Waals surface area contributed by atoms with Gasteiger partial charge >= 0.3 is 5.69 Å². The summed E-state index contributed by atoms with van der Waals surface area (Å²) in [6.07, 6.45) is 4.75. The van der Waals surface area contributed by atoms with Crippen molar-refractivity contribution in [3.8, 4) is 0 Å². The number of carbonyl (C=O) groups excluding carboxylic acids is 1. The van der Waals surface area contributed by atoms with Crippen LogP contribution in [-0.2, 0) is 16.1 Å². The Morgan fingerprint density at radius 3 is 2.77 bits per heavy atom. The number of fused-ring (bicyclic) bond motifs is 1. The third-order valence-electron chi connectivity index (χ3n) is 4.52. The largest absolute Gasteiger partial charge is 0.378 e. The fourth-order valence-electron chi connectivity index (χ4n) is 3.08. The predicted octanol–water partition coefficient (Wildman–Crippen LogP) is 0.664. The van der Waals surface area contributed by atoms with Gasteiger partial charge in [0.05, 0.1) is 12.6 Å². The molecule has 2 aromatic rings. The van der Waals surface area contributed by atoms with Crippen LogP contribution in [0.4, 0.5) is 0 Å². The number of aryl methyl sites for hydroxylation is 1. The molecule has 3 heterocycles. The maximum absolute atomic E-state index is 12.4. The SMILES string of the molecule is Cl.NCCCOC1CCN(C(=O)CCn2nc3ccccn3c2=O)CC1. The summed E-state index contributed by atoms with van der Waals surface area (Å²) in [5, 5.41) is 4.25. The number of nitrogens with zero attached hydrogens (tertiary/aromatic N) is 4. The number of hydrogen-bond acceptors (Lipinski definition) is 5. The molecular formula is C17H26ClN5O3. The molecule has 0 bridgehead atoms. The summed E-state index contributed by atoms with van der Waals surface area (Å²) >= 11 is 0. The standard InChI is InChI=1S/C17H25N5O3.ClH/c18-8-3-13-25-14-5-10-20(11-6-14)16(23)7-12-22-17(24)21-9-2-1-4-15(21)19-22;/h1-2,4,9,14H,3,5-8,10-13,18H2;1H. The summed E-state index contributed by atoms with van der Waals surface area (Å²) in [7, 11) is 0. The zero-order valence-corrected chi connectivity index (χ0v) is 15.6. The van der Waals surface area contributed by atoms with Crippen LogP contribution in [0.25, 0.3) is 5.65 Å². The molecule has 0 unspecified atom stereocenters. The molecule has 26 heavy (non-hydrogen) atoms. The Hall–Kier alpha value is -1.90. The number of pyridine rings is 1. The molecule has 144 valence electrons. The first kappa shape index (κ1) is 20.4. The predicted molar refractivity (Wildman–Crippen MR) is 101 cm³/mol. The maximum atomic E-state index is 12.4. The third kappa shape index (κ3) is 4.84. The van der Waals surface area contributed by atoms with Crippen molar-refractivity contribution in [1.82, 2.24) is 19.1 Å². The van der Waals surface area contributed by atoms with Crippen LogP contribution < -0.4 is 11.4 Å². The molecule has 3 rings (SSSR count). The molecule has 0 atom stereocenters. The minimum Gasteiger partial charge on any atom is -0.378 e. The van der Waals surface area contributed by atoms with Gasteiger partial charge in [-0.1, -0.05) is 6.07 Å². The summed E-state index contributed by atoms with van der Waals surface area (Å²) in [6.45, 7) is 3.02. The van der Waals surface area contributed by atoms with Crippen LogP contribution in [-0.4, -0.2) is 57.3 Å². The molecule has 0 spiro atoms. The monoisotopic (exact) mass is 383 g/mol. The number of nitrogens with two attached hydrogens (primary N) is 1. The van der Waals surface area contributed by atoms with E-state index < -0.39 is 0 Å². The number of halogens is 1. The second kappa shape index (κ2) is 9.70. The van der Waals surface area contributed by atoms with Gasteiger partial charge in [0.15, 0.2) is 5.65 Å². The van der Waals surface area contributed by atoms with Gasteiger partial charge in [-0.05, 0) is 37.9 Å². The van der Waals surface area contributed by atoms with Crippen molar-refractivity contribution in [3.05, 3.63) is 34.9 Å². The average molecular weight is 384 g/mol. The maximum Gasteiger partial charge on any atom is 0.350 e. The first-order valence-electron chi connectivity index (χ1n) is 8.82. The van der Waals surface area contributed by atoms with Crippen molar-refractivity contribution in [2.45, 2.75) is 38.3 Å². The van der Waals surface area contributed by atoms with Crippen molar-refractivity contribution >= 4 is 24.0 Å². The lowest BCUT2D eigenvalue weighted by Crippen LogP contribution is -2.41. The molecule has 8 nitrogen and oxygen atoms in total. The summed E-state index contributed by atoms with van der Waals surface area (Å²) in [5.41, 5.74) is 5.84. The average Bonchev–Trinajstić information content (AvgIpc) is 2.97. The quantitative estimate of drug-likeness (QED) is 0.709. The Morgan fingerprint density at radius 1 is 1.31 bits per heavy atom. The van der Waals surface area contributed by atoms with E-state index in [0.29, 0.717) is 38.4 Å². The molecule has 1 aliphatic rings. The van der Waals surface area contributed by atoms with E-state index in [1.54, 1.807) is 18.3 Å². The zero-order chi connectivity index (χ0) is 17.6. The molecule has 0 radical (unpaired) electrons. The highest BCUT2D eigenvalue weighted by Gasteiger charge is 2.23. The normalized spacial score (nSPS) is 15.2. The Bertz CT molecular complexity index is 767. The second-order valence-corrected chi connectivity index (χ2v) is 6.28. The van der Waals surface area contributed by atoms with Crippen molar-refractivity contribution in [3.63, 3.8) is 0 Å². The number of piperidine rings is 1. The lowest BCUT2D eigenvalue weighted by atomic mass is 10.1. The number of aromatic nitrogens is 3. The van der Waals surface area contributed by atoms with Crippen molar-refractivity contribution in [2.75, 3.05) is 26.2 Å². The Kier molecular flexibility index (Phi) is 7.62. The number of ether oxygens (including phenoxy) is 1. The second-order valence-electron chi connectivity index (χ2n) is 6.28. The number of likely N-dealkylation sites (tertiary alicyclic amines) is 1. The Labute approximate surface area is 158 Å². The van der Waals surface area contributed by atoms with Crippen LogP contribution in [0.5, 0.6) is 0 Å². The number of hydrogen-bond donors (Lipinski definition) is 1. The summed E-state index contributed by atoms with van der Waals surface area (Å²) in [5.74, 6) is 0.0596. The van der Waals surface area contributed by atoms with Crippen LogP contribution in [0.3, 0.4) is 0 Å². The van der Waals surface area contributed by atoms with Crippen LogP contribution in [0, 0.1) is 0 Å². The molecule has 2 N–H and O–H groups in total. The smallest absolute Gasteiger partial charge is 0.350 e. The number of carbonyl (C=O) groups is 1. The highest BCUT2D eigenvalue weighted by Crippen LogP contribution is 2.15. The van der Waals surface area contributed by atoms with Crippen LogP contribution in [0.1, 0.15) is 25.7 Å². The van der Waals surface area contributed by atoms with E-state index in [0.717, 1.165) is 19.3 Å². The third-order valence-corrected chi connectivity index (χ3v) is 4.52. The zero-order valence-electron chi connectivity index (χ0n) is 14.7. The van der Waals surface area contributed by atoms with Crippen LogP contribution in [0.15, 0.2) is 29.2 Å². The number of rotatable bonds is 7. The number of amides is 1. The minimum atomic E-state index is -0.213. The van der Waals surface area contributed by atoms with E-state index >= 15 is 0 Å². The topological polar surface area (TPSA) is 94.9 Å². The molecule has 0 saturated carbocycles. The highest BCUT2D eigenvalue weighted by atomic mass is 35.5. The fourth-order valence-corrected chi connectivity index (χ4v) is 3.08. The molecule has 1 aliphatic heterocycles. The van der Waals surface area contributed by atoms with Crippen LogP contribution >= 0.6 is 12.4 Å². The molecule has 2 aromatic heterocycles. The van der Waals surface area contributed by atoms with E-state index in [2.05, 4.69) is 5.10 Å². The Balaban J connectivity index is 0.00000243.